The van der Waals surface area contributed by atoms with Crippen molar-refractivity contribution in [2.24, 2.45) is 0 Å². The van der Waals surface area contributed by atoms with Crippen LogP contribution in [0.5, 0.6) is 0 Å². The highest BCUT2D eigenvalue weighted by molar-refractivity contribution is 5.23. The molecular formula is C17H31N3O. The van der Waals surface area contributed by atoms with Crippen LogP contribution in [0.25, 0.3) is 0 Å². The van der Waals surface area contributed by atoms with E-state index in [-0.39, 0.29) is 0 Å². The first-order valence-electron chi connectivity index (χ1n) is 8.53. The molecule has 0 aromatic heterocycles. The SMILES string of the molecule is CN1CCC2=C1CCN(C1CCN(CC(C)(C)O)CC1)C2. The molecule has 0 amide bonds. The molecule has 120 valence electrons. The molecule has 3 aliphatic rings. The number of β-amino-alcohol motifs (C(OH)–C–C–N with tert-alkyl or cyclic N) is 1. The first-order chi connectivity index (χ1) is 9.92. The lowest BCUT2D eigenvalue weighted by Crippen LogP contribution is -2.49. The maximum Gasteiger partial charge on any atom is 0.0718 e. The Morgan fingerprint density at radius 3 is 2.48 bits per heavy atom. The first kappa shape index (κ1) is 15.3. The van der Waals surface area contributed by atoms with Gasteiger partial charge in [0.2, 0.25) is 0 Å². The average molecular weight is 293 g/mol. The molecule has 1 fully saturated rings. The highest BCUT2D eigenvalue weighted by Crippen LogP contribution is 2.31. The molecule has 0 aliphatic carbocycles. The largest absolute Gasteiger partial charge is 0.389 e. The standard InChI is InChI=1S/C17H31N3O/c1-17(2,21)13-19-9-5-15(6-10-19)20-11-7-16-14(12-20)4-8-18(16)3/h15,21H,4-13H2,1-3H3. The van der Waals surface area contributed by atoms with E-state index in [4.69, 9.17) is 0 Å². The smallest absolute Gasteiger partial charge is 0.0718 e. The number of hydrogen-bond donors (Lipinski definition) is 1. The van der Waals surface area contributed by atoms with E-state index in [2.05, 4.69) is 21.7 Å². The number of rotatable bonds is 3. The van der Waals surface area contributed by atoms with Gasteiger partial charge in [-0.3, -0.25) is 4.90 Å². The minimum atomic E-state index is -0.563. The fraction of sp³-hybridized carbons (Fsp3) is 0.882. The minimum Gasteiger partial charge on any atom is -0.389 e. The summed E-state index contributed by atoms with van der Waals surface area (Å²) < 4.78 is 0. The summed E-state index contributed by atoms with van der Waals surface area (Å²) in [5.41, 5.74) is 2.76. The van der Waals surface area contributed by atoms with Gasteiger partial charge in [-0.25, -0.2) is 0 Å². The molecule has 0 aromatic carbocycles. The lowest BCUT2D eigenvalue weighted by Gasteiger charge is -2.42. The van der Waals surface area contributed by atoms with Gasteiger partial charge in [0.15, 0.2) is 0 Å². The molecule has 1 N–H and O–H groups in total. The van der Waals surface area contributed by atoms with Gasteiger partial charge in [-0.15, -0.1) is 0 Å². The molecule has 3 heterocycles. The number of aliphatic hydroxyl groups is 1. The third-order valence-corrected chi connectivity index (χ3v) is 5.33. The van der Waals surface area contributed by atoms with Gasteiger partial charge in [-0.05, 0) is 51.8 Å². The molecule has 4 heteroatoms. The van der Waals surface area contributed by atoms with Crippen LogP contribution in [-0.4, -0.2) is 77.8 Å². The number of nitrogens with zero attached hydrogens (tertiary/aromatic N) is 3. The van der Waals surface area contributed by atoms with Gasteiger partial charge in [-0.2, -0.15) is 0 Å². The van der Waals surface area contributed by atoms with Crippen LogP contribution in [0.2, 0.25) is 0 Å². The summed E-state index contributed by atoms with van der Waals surface area (Å²) in [6.45, 7) is 10.6. The van der Waals surface area contributed by atoms with Gasteiger partial charge in [0, 0.05) is 51.4 Å². The van der Waals surface area contributed by atoms with Crippen molar-refractivity contribution < 1.29 is 5.11 Å². The molecule has 0 radical (unpaired) electrons. The van der Waals surface area contributed by atoms with E-state index in [0.717, 1.165) is 25.7 Å². The van der Waals surface area contributed by atoms with E-state index in [9.17, 15) is 5.11 Å². The van der Waals surface area contributed by atoms with Crippen LogP contribution in [0.15, 0.2) is 11.3 Å². The predicted molar refractivity (Wildman–Crippen MR) is 86.2 cm³/mol. The van der Waals surface area contributed by atoms with Gasteiger partial charge in [0.25, 0.3) is 0 Å². The Balaban J connectivity index is 1.51. The second-order valence-corrected chi connectivity index (χ2v) is 7.76. The fourth-order valence-electron chi connectivity index (χ4n) is 4.26. The Bertz CT molecular complexity index is 405. The second kappa shape index (κ2) is 5.90. The molecular weight excluding hydrogens is 262 g/mol. The second-order valence-electron chi connectivity index (χ2n) is 7.76. The number of piperidine rings is 1. The van der Waals surface area contributed by atoms with E-state index in [1.807, 2.05) is 13.8 Å². The quantitative estimate of drug-likeness (QED) is 0.854. The van der Waals surface area contributed by atoms with Crippen LogP contribution < -0.4 is 0 Å². The Morgan fingerprint density at radius 1 is 1.10 bits per heavy atom. The molecule has 0 saturated carbocycles. The van der Waals surface area contributed by atoms with Crippen LogP contribution in [0, 0.1) is 0 Å². The van der Waals surface area contributed by atoms with Crippen molar-refractivity contribution >= 4 is 0 Å². The number of likely N-dealkylation sites (tertiary alicyclic amines) is 1. The zero-order valence-electron chi connectivity index (χ0n) is 13.9. The maximum absolute atomic E-state index is 9.95. The third kappa shape index (κ3) is 3.61. The van der Waals surface area contributed by atoms with Crippen molar-refractivity contribution in [3.05, 3.63) is 11.3 Å². The van der Waals surface area contributed by atoms with Gasteiger partial charge in [0.05, 0.1) is 5.60 Å². The highest BCUT2D eigenvalue weighted by Gasteiger charge is 2.32. The summed E-state index contributed by atoms with van der Waals surface area (Å²) in [4.78, 5) is 7.60. The predicted octanol–water partition coefficient (Wildman–Crippen LogP) is 1.52. The highest BCUT2D eigenvalue weighted by atomic mass is 16.3. The topological polar surface area (TPSA) is 30.0 Å². The Morgan fingerprint density at radius 2 is 1.81 bits per heavy atom. The van der Waals surface area contributed by atoms with Crippen molar-refractivity contribution in [2.45, 2.75) is 51.2 Å². The van der Waals surface area contributed by atoms with Crippen LogP contribution in [0.3, 0.4) is 0 Å². The zero-order chi connectivity index (χ0) is 15.0. The van der Waals surface area contributed by atoms with Crippen molar-refractivity contribution in [3.8, 4) is 0 Å². The molecule has 3 aliphatic heterocycles. The van der Waals surface area contributed by atoms with Crippen molar-refractivity contribution in [1.82, 2.24) is 14.7 Å². The summed E-state index contributed by atoms with van der Waals surface area (Å²) in [7, 11) is 2.24. The third-order valence-electron chi connectivity index (χ3n) is 5.33. The molecule has 4 nitrogen and oxygen atoms in total. The van der Waals surface area contributed by atoms with E-state index in [1.54, 1.807) is 11.3 Å². The van der Waals surface area contributed by atoms with Crippen molar-refractivity contribution in [1.29, 1.82) is 0 Å². The van der Waals surface area contributed by atoms with Crippen LogP contribution >= 0.6 is 0 Å². The molecule has 0 unspecified atom stereocenters. The van der Waals surface area contributed by atoms with Gasteiger partial charge in [0.1, 0.15) is 0 Å². The van der Waals surface area contributed by atoms with Gasteiger partial charge in [-0.1, -0.05) is 0 Å². The Labute approximate surface area is 129 Å². The lowest BCUT2D eigenvalue weighted by atomic mass is 9.97. The Hall–Kier alpha value is -0.580. The number of hydrogen-bond acceptors (Lipinski definition) is 4. The monoisotopic (exact) mass is 293 g/mol. The molecule has 0 bridgehead atoms. The van der Waals surface area contributed by atoms with Crippen molar-refractivity contribution in [3.63, 3.8) is 0 Å². The molecule has 0 atom stereocenters. The zero-order valence-corrected chi connectivity index (χ0v) is 13.9. The van der Waals surface area contributed by atoms with Gasteiger partial charge >= 0.3 is 0 Å². The van der Waals surface area contributed by atoms with Crippen LogP contribution in [-0.2, 0) is 0 Å². The van der Waals surface area contributed by atoms with Crippen LogP contribution in [0.1, 0.15) is 39.5 Å². The van der Waals surface area contributed by atoms with E-state index in [0.29, 0.717) is 0 Å². The average Bonchev–Trinajstić information content (AvgIpc) is 2.79. The van der Waals surface area contributed by atoms with E-state index >= 15 is 0 Å². The molecule has 0 spiro atoms. The van der Waals surface area contributed by atoms with E-state index < -0.39 is 5.60 Å². The fourth-order valence-corrected chi connectivity index (χ4v) is 4.26. The summed E-state index contributed by atoms with van der Waals surface area (Å²) in [5, 5.41) is 9.95. The molecule has 1 saturated heterocycles. The minimum absolute atomic E-state index is 0.563. The summed E-state index contributed by atoms with van der Waals surface area (Å²) in [5.74, 6) is 0. The maximum atomic E-state index is 9.95. The normalized spacial score (nSPS) is 26.6. The van der Waals surface area contributed by atoms with Crippen LogP contribution in [0.4, 0.5) is 0 Å². The summed E-state index contributed by atoms with van der Waals surface area (Å²) >= 11 is 0. The molecule has 3 rings (SSSR count). The van der Waals surface area contributed by atoms with Crippen molar-refractivity contribution in [2.75, 3.05) is 46.3 Å². The Kier molecular flexibility index (Phi) is 4.30. The summed E-state index contributed by atoms with van der Waals surface area (Å²) in [6.07, 6.45) is 5.04. The lowest BCUT2D eigenvalue weighted by molar-refractivity contribution is 0.0175. The van der Waals surface area contributed by atoms with E-state index in [1.165, 1.54) is 45.3 Å². The summed E-state index contributed by atoms with van der Waals surface area (Å²) in [6, 6.07) is 0.753. The van der Waals surface area contributed by atoms with Gasteiger partial charge < -0.3 is 14.9 Å². The first-order valence-corrected chi connectivity index (χ1v) is 8.53. The molecule has 21 heavy (non-hydrogen) atoms. The molecule has 0 aromatic rings.